The third-order valence-corrected chi connectivity index (χ3v) is 6.00. The predicted octanol–water partition coefficient (Wildman–Crippen LogP) is 2.68. The van der Waals surface area contributed by atoms with Crippen LogP contribution in [0, 0.1) is 11.3 Å². The Kier molecular flexibility index (Phi) is 4.98. The van der Waals surface area contributed by atoms with Crippen molar-refractivity contribution in [1.82, 2.24) is 15.6 Å². The van der Waals surface area contributed by atoms with Crippen molar-refractivity contribution >= 4 is 17.3 Å². The lowest BCUT2D eigenvalue weighted by molar-refractivity contribution is -0.140. The summed E-state index contributed by atoms with van der Waals surface area (Å²) >= 11 is 1.03. The number of aliphatic imine (C=N–C) groups is 1. The summed E-state index contributed by atoms with van der Waals surface area (Å²) in [5, 5.41) is 8.13. The molecule has 0 radical (unpaired) electrons. The maximum Gasteiger partial charge on any atom is 0.434 e. The molecule has 0 spiro atoms. The fraction of sp³-hybridized carbons (Fsp3) is 0.750. The van der Waals surface area contributed by atoms with Gasteiger partial charge in [-0.1, -0.05) is 13.8 Å². The minimum atomic E-state index is -4.38. The van der Waals surface area contributed by atoms with Gasteiger partial charge in [-0.25, -0.2) is 4.98 Å². The van der Waals surface area contributed by atoms with Crippen LogP contribution < -0.4 is 10.6 Å². The SMILES string of the molecule is CN=C(NCCc1nc(C(F)(F)F)cs1)NC1C2CCOC2C1(C)C. The van der Waals surface area contributed by atoms with E-state index in [0.29, 0.717) is 36.0 Å². The molecule has 3 rings (SSSR count). The van der Waals surface area contributed by atoms with Crippen LogP contribution in [-0.4, -0.2) is 43.3 Å². The van der Waals surface area contributed by atoms with E-state index >= 15 is 0 Å². The summed E-state index contributed by atoms with van der Waals surface area (Å²) in [6.07, 6.45) is -2.62. The maximum atomic E-state index is 12.6. The molecule has 25 heavy (non-hydrogen) atoms. The van der Waals surface area contributed by atoms with Crippen LogP contribution in [-0.2, 0) is 17.3 Å². The summed E-state index contributed by atoms with van der Waals surface area (Å²) in [4.78, 5) is 7.86. The Labute approximate surface area is 149 Å². The summed E-state index contributed by atoms with van der Waals surface area (Å²) < 4.78 is 43.5. The second-order valence-electron chi connectivity index (χ2n) is 7.06. The highest BCUT2D eigenvalue weighted by molar-refractivity contribution is 7.09. The standard InChI is InChI=1S/C16H23F3N4OS/c1-15(2)12(9-5-7-24-13(9)15)23-14(20-3)21-6-4-11-22-10(8-25-11)16(17,18)19/h8-9,12-13H,4-7H2,1-3H3,(H2,20,21,23). The van der Waals surface area contributed by atoms with Crippen molar-refractivity contribution in [1.29, 1.82) is 0 Å². The van der Waals surface area contributed by atoms with E-state index in [9.17, 15) is 13.2 Å². The lowest BCUT2D eigenvalue weighted by Gasteiger charge is -2.54. The molecule has 2 aliphatic rings. The van der Waals surface area contributed by atoms with Gasteiger partial charge < -0.3 is 15.4 Å². The highest BCUT2D eigenvalue weighted by Crippen LogP contribution is 2.52. The van der Waals surface area contributed by atoms with Gasteiger partial charge in [-0.3, -0.25) is 4.99 Å². The number of guanidine groups is 1. The van der Waals surface area contributed by atoms with Crippen molar-refractivity contribution in [3.05, 3.63) is 16.1 Å². The molecule has 140 valence electrons. The zero-order valence-corrected chi connectivity index (χ0v) is 15.3. The number of hydrogen-bond donors (Lipinski definition) is 2. The fourth-order valence-corrected chi connectivity index (χ4v) is 4.61. The molecule has 1 saturated carbocycles. The first-order valence-electron chi connectivity index (χ1n) is 8.34. The summed E-state index contributed by atoms with van der Waals surface area (Å²) in [6, 6.07) is 0.280. The molecule has 2 fully saturated rings. The van der Waals surface area contributed by atoms with Gasteiger partial charge >= 0.3 is 6.18 Å². The van der Waals surface area contributed by atoms with E-state index in [1.165, 1.54) is 0 Å². The van der Waals surface area contributed by atoms with Gasteiger partial charge in [0.2, 0.25) is 0 Å². The Morgan fingerprint density at radius 3 is 2.88 bits per heavy atom. The van der Waals surface area contributed by atoms with Crippen LogP contribution in [0.2, 0.25) is 0 Å². The molecule has 1 aromatic heterocycles. The summed E-state index contributed by atoms with van der Waals surface area (Å²) in [5.41, 5.74) is -0.783. The van der Waals surface area contributed by atoms with E-state index in [1.54, 1.807) is 7.05 Å². The van der Waals surface area contributed by atoms with Gasteiger partial charge in [-0.2, -0.15) is 13.2 Å². The highest BCUT2D eigenvalue weighted by atomic mass is 32.1. The van der Waals surface area contributed by atoms with Crippen molar-refractivity contribution in [3.8, 4) is 0 Å². The Hall–Kier alpha value is -1.35. The summed E-state index contributed by atoms with van der Waals surface area (Å²) in [7, 11) is 1.69. The molecule has 0 aromatic carbocycles. The number of halogens is 3. The number of nitrogens with zero attached hydrogens (tertiary/aromatic N) is 2. The third-order valence-electron chi connectivity index (χ3n) is 5.09. The van der Waals surface area contributed by atoms with Crippen LogP contribution in [0.3, 0.4) is 0 Å². The molecule has 5 nitrogen and oxygen atoms in total. The first kappa shape index (κ1) is 18.4. The predicted molar refractivity (Wildman–Crippen MR) is 90.7 cm³/mol. The van der Waals surface area contributed by atoms with Crippen molar-refractivity contribution in [2.24, 2.45) is 16.3 Å². The van der Waals surface area contributed by atoms with E-state index in [1.807, 2.05) is 0 Å². The number of ether oxygens (including phenoxy) is 1. The summed E-state index contributed by atoms with van der Waals surface area (Å²) in [6.45, 7) is 5.63. The van der Waals surface area contributed by atoms with Crippen LogP contribution in [0.4, 0.5) is 13.2 Å². The topological polar surface area (TPSA) is 58.5 Å². The second-order valence-corrected chi connectivity index (χ2v) is 8.00. The number of hydrogen-bond acceptors (Lipinski definition) is 4. The van der Waals surface area contributed by atoms with Gasteiger partial charge in [-0.15, -0.1) is 11.3 Å². The van der Waals surface area contributed by atoms with Crippen LogP contribution in [0.15, 0.2) is 10.4 Å². The van der Waals surface area contributed by atoms with Gasteiger partial charge in [0, 0.05) is 49.4 Å². The average Bonchev–Trinajstić information content (AvgIpc) is 3.18. The van der Waals surface area contributed by atoms with Gasteiger partial charge in [0.1, 0.15) is 0 Å². The van der Waals surface area contributed by atoms with E-state index in [2.05, 4.69) is 34.5 Å². The largest absolute Gasteiger partial charge is 0.434 e. The number of aromatic nitrogens is 1. The van der Waals surface area contributed by atoms with E-state index in [4.69, 9.17) is 4.74 Å². The van der Waals surface area contributed by atoms with Gasteiger partial charge in [0.05, 0.1) is 11.1 Å². The van der Waals surface area contributed by atoms with Crippen LogP contribution >= 0.6 is 11.3 Å². The molecule has 2 N–H and O–H groups in total. The van der Waals surface area contributed by atoms with Gasteiger partial charge in [0.25, 0.3) is 0 Å². The number of nitrogens with one attached hydrogen (secondary N) is 2. The minimum Gasteiger partial charge on any atom is -0.377 e. The quantitative estimate of drug-likeness (QED) is 0.627. The van der Waals surface area contributed by atoms with Gasteiger partial charge in [-0.05, 0) is 6.42 Å². The van der Waals surface area contributed by atoms with Crippen LogP contribution in [0.1, 0.15) is 31.0 Å². The molecule has 0 bridgehead atoms. The highest BCUT2D eigenvalue weighted by Gasteiger charge is 2.59. The summed E-state index contributed by atoms with van der Waals surface area (Å²) in [5.74, 6) is 1.15. The van der Waals surface area contributed by atoms with E-state index in [0.717, 1.165) is 29.7 Å². The Balaban J connectivity index is 1.49. The van der Waals surface area contributed by atoms with E-state index in [-0.39, 0.29) is 11.5 Å². The molecule has 1 aliphatic carbocycles. The Morgan fingerprint density at radius 2 is 2.24 bits per heavy atom. The van der Waals surface area contributed by atoms with Gasteiger partial charge in [0.15, 0.2) is 11.7 Å². The lowest BCUT2D eigenvalue weighted by Crippen LogP contribution is -2.68. The van der Waals surface area contributed by atoms with Crippen molar-refractivity contribution in [3.63, 3.8) is 0 Å². The van der Waals surface area contributed by atoms with Crippen LogP contribution in [0.25, 0.3) is 0 Å². The van der Waals surface area contributed by atoms with Crippen molar-refractivity contribution in [2.75, 3.05) is 20.2 Å². The molecule has 9 heteroatoms. The average molecular weight is 376 g/mol. The molecular formula is C16H23F3N4OS. The van der Waals surface area contributed by atoms with Crippen LogP contribution in [0.5, 0.6) is 0 Å². The first-order chi connectivity index (χ1) is 11.7. The number of alkyl halides is 3. The zero-order chi connectivity index (χ0) is 18.2. The number of fused-ring (bicyclic) bond motifs is 1. The molecule has 2 heterocycles. The maximum absolute atomic E-state index is 12.6. The molecule has 0 amide bonds. The number of rotatable bonds is 4. The van der Waals surface area contributed by atoms with E-state index < -0.39 is 11.9 Å². The third kappa shape index (κ3) is 3.62. The second kappa shape index (κ2) is 6.75. The fourth-order valence-electron chi connectivity index (χ4n) is 3.80. The normalized spacial score (nSPS) is 28.4. The molecule has 3 unspecified atom stereocenters. The molecular weight excluding hydrogens is 353 g/mol. The molecule has 1 saturated heterocycles. The zero-order valence-electron chi connectivity index (χ0n) is 14.5. The molecule has 1 aliphatic heterocycles. The number of thiazole rings is 1. The molecule has 1 aromatic rings. The minimum absolute atomic E-state index is 0.0374. The van der Waals surface area contributed by atoms with Crippen molar-refractivity contribution < 1.29 is 17.9 Å². The molecule has 3 atom stereocenters. The Morgan fingerprint density at radius 1 is 1.48 bits per heavy atom. The van der Waals surface area contributed by atoms with Crippen molar-refractivity contribution in [2.45, 2.75) is 45.0 Å². The monoisotopic (exact) mass is 376 g/mol. The first-order valence-corrected chi connectivity index (χ1v) is 9.22. The Bertz CT molecular complexity index is 644. The smallest absolute Gasteiger partial charge is 0.377 e. The lowest BCUT2D eigenvalue weighted by atomic mass is 9.57.